The molecule has 0 aliphatic heterocycles. The monoisotopic (exact) mass is 367 g/mol. The minimum Gasteiger partial charge on any atom is -0.310 e. The molecule has 6 heteroatoms. The van der Waals surface area contributed by atoms with Gasteiger partial charge in [0.1, 0.15) is 5.82 Å². The van der Waals surface area contributed by atoms with Gasteiger partial charge in [-0.3, -0.25) is 4.40 Å². The maximum absolute atomic E-state index is 13.7. The van der Waals surface area contributed by atoms with Crippen LogP contribution in [0.1, 0.15) is 24.2 Å². The third-order valence-electron chi connectivity index (χ3n) is 3.36. The second-order valence-electron chi connectivity index (χ2n) is 4.78. The van der Waals surface area contributed by atoms with Crippen molar-refractivity contribution in [3.05, 3.63) is 57.5 Å². The molecule has 1 atom stereocenters. The molecular weight excluding hydrogens is 353 g/mol. The first kappa shape index (κ1) is 14.7. The van der Waals surface area contributed by atoms with Crippen molar-refractivity contribution in [3.8, 4) is 0 Å². The summed E-state index contributed by atoms with van der Waals surface area (Å²) in [5, 5.41) is 5.42. The van der Waals surface area contributed by atoms with E-state index in [2.05, 4.69) is 26.2 Å². The molecule has 0 saturated carbocycles. The molecule has 0 saturated heterocycles. The van der Waals surface area contributed by atoms with Crippen molar-refractivity contribution < 1.29 is 4.39 Å². The molecule has 0 amide bonds. The molecule has 0 bridgehead atoms. The highest BCUT2D eigenvalue weighted by molar-refractivity contribution is 9.10. The van der Waals surface area contributed by atoms with Crippen LogP contribution in [-0.4, -0.2) is 15.9 Å². The zero-order valence-electron chi connectivity index (χ0n) is 11.5. The molecule has 0 radical (unpaired) electrons. The van der Waals surface area contributed by atoms with Crippen molar-refractivity contribution in [2.45, 2.75) is 19.4 Å². The molecule has 1 unspecified atom stereocenters. The molecule has 0 fully saturated rings. The van der Waals surface area contributed by atoms with Gasteiger partial charge in [-0.05, 0) is 34.1 Å². The maximum atomic E-state index is 13.7. The highest BCUT2D eigenvalue weighted by Gasteiger charge is 2.18. The summed E-state index contributed by atoms with van der Waals surface area (Å²) in [7, 11) is 0. The van der Waals surface area contributed by atoms with Gasteiger partial charge in [0.2, 0.25) is 0 Å². The summed E-state index contributed by atoms with van der Waals surface area (Å²) in [6.45, 7) is 2.86. The van der Waals surface area contributed by atoms with Crippen LogP contribution in [0, 0.1) is 5.82 Å². The fraction of sp³-hybridized carbons (Fsp3) is 0.267. The van der Waals surface area contributed by atoms with E-state index in [-0.39, 0.29) is 11.9 Å². The summed E-state index contributed by atoms with van der Waals surface area (Å²) in [5.41, 5.74) is 1.93. The molecule has 3 aromatic rings. The van der Waals surface area contributed by atoms with Gasteiger partial charge in [-0.1, -0.05) is 19.1 Å². The molecule has 21 heavy (non-hydrogen) atoms. The number of benzene rings is 1. The van der Waals surface area contributed by atoms with Gasteiger partial charge in [-0.2, -0.15) is 0 Å². The van der Waals surface area contributed by atoms with Crippen molar-refractivity contribution in [1.82, 2.24) is 14.7 Å². The van der Waals surface area contributed by atoms with Crippen LogP contribution in [0.25, 0.3) is 4.96 Å². The van der Waals surface area contributed by atoms with Crippen LogP contribution in [0.15, 0.2) is 40.4 Å². The van der Waals surface area contributed by atoms with Gasteiger partial charge in [0.05, 0.1) is 10.2 Å². The Morgan fingerprint density at radius 3 is 3.10 bits per heavy atom. The number of hydrogen-bond donors (Lipinski definition) is 1. The predicted octanol–water partition coefficient (Wildman–Crippen LogP) is 4.19. The Morgan fingerprint density at radius 2 is 2.33 bits per heavy atom. The number of imidazole rings is 1. The first-order chi connectivity index (χ1) is 10.2. The Morgan fingerprint density at radius 1 is 1.48 bits per heavy atom. The van der Waals surface area contributed by atoms with Gasteiger partial charge < -0.3 is 5.32 Å². The predicted molar refractivity (Wildman–Crippen MR) is 87.3 cm³/mol. The first-order valence-electron chi connectivity index (χ1n) is 6.77. The molecule has 0 aliphatic carbocycles. The summed E-state index contributed by atoms with van der Waals surface area (Å²) in [5.74, 6) is -0.235. The summed E-state index contributed by atoms with van der Waals surface area (Å²) in [6.07, 6.45) is 4.75. The van der Waals surface area contributed by atoms with E-state index in [0.29, 0.717) is 4.47 Å². The summed E-state index contributed by atoms with van der Waals surface area (Å²) < 4.78 is 16.3. The zero-order valence-corrected chi connectivity index (χ0v) is 13.9. The quantitative estimate of drug-likeness (QED) is 0.732. The fourth-order valence-electron chi connectivity index (χ4n) is 2.41. The Hall–Kier alpha value is -1.24. The second-order valence-corrected chi connectivity index (χ2v) is 6.45. The minimum atomic E-state index is -0.235. The number of likely N-dealkylation sites (N-methyl/N-ethyl adjacent to an activating group) is 1. The highest BCUT2D eigenvalue weighted by atomic mass is 79.9. The lowest BCUT2D eigenvalue weighted by atomic mass is 10.0. The standard InChI is InChI=1S/C15H15BrFN3S/c1-2-18-13(11-4-3-5-12(17)14(11)16)8-10-9-20-6-7-21-15(20)19-10/h3-7,9,13,18H,2,8H2,1H3. The third-order valence-corrected chi connectivity index (χ3v) is 4.97. The van der Waals surface area contributed by atoms with Crippen molar-refractivity contribution in [1.29, 1.82) is 0 Å². The lowest BCUT2D eigenvalue weighted by Crippen LogP contribution is -2.23. The van der Waals surface area contributed by atoms with Gasteiger partial charge in [-0.15, -0.1) is 11.3 Å². The van der Waals surface area contributed by atoms with Gasteiger partial charge in [0.15, 0.2) is 4.96 Å². The summed E-state index contributed by atoms with van der Waals surface area (Å²) in [4.78, 5) is 5.59. The molecule has 3 rings (SSSR count). The minimum absolute atomic E-state index is 0.0321. The van der Waals surface area contributed by atoms with Gasteiger partial charge in [0, 0.05) is 30.2 Å². The molecule has 1 N–H and O–H groups in total. The number of fused-ring (bicyclic) bond motifs is 1. The van der Waals surface area contributed by atoms with E-state index >= 15 is 0 Å². The SMILES string of the molecule is CCNC(Cc1cn2ccsc2n1)c1cccc(F)c1Br. The number of nitrogens with one attached hydrogen (secondary N) is 1. The van der Waals surface area contributed by atoms with Gasteiger partial charge >= 0.3 is 0 Å². The lowest BCUT2D eigenvalue weighted by molar-refractivity contribution is 0.535. The van der Waals surface area contributed by atoms with Crippen molar-refractivity contribution in [2.75, 3.05) is 6.54 Å². The number of hydrogen-bond acceptors (Lipinski definition) is 3. The first-order valence-corrected chi connectivity index (χ1v) is 8.44. The average Bonchev–Trinajstić information content (AvgIpc) is 3.02. The fourth-order valence-corrected chi connectivity index (χ4v) is 3.67. The lowest BCUT2D eigenvalue weighted by Gasteiger charge is -2.19. The third kappa shape index (κ3) is 3.02. The Labute approximate surface area is 135 Å². The second kappa shape index (κ2) is 6.25. The number of halogens is 2. The topological polar surface area (TPSA) is 29.3 Å². The summed E-state index contributed by atoms with van der Waals surface area (Å²) in [6, 6.07) is 5.18. The van der Waals surface area contributed by atoms with Crippen molar-refractivity contribution in [2.24, 2.45) is 0 Å². The number of nitrogens with zero attached hydrogens (tertiary/aromatic N) is 2. The molecule has 110 valence electrons. The van der Waals surface area contributed by atoms with Crippen LogP contribution in [0.2, 0.25) is 0 Å². The van der Waals surface area contributed by atoms with E-state index in [0.717, 1.165) is 29.2 Å². The van der Waals surface area contributed by atoms with E-state index in [9.17, 15) is 4.39 Å². The zero-order chi connectivity index (χ0) is 14.8. The average molecular weight is 368 g/mol. The maximum Gasteiger partial charge on any atom is 0.193 e. The number of thiazole rings is 1. The van der Waals surface area contributed by atoms with E-state index < -0.39 is 0 Å². The van der Waals surface area contributed by atoms with Crippen LogP contribution in [0.5, 0.6) is 0 Å². The van der Waals surface area contributed by atoms with Gasteiger partial charge in [0.25, 0.3) is 0 Å². The van der Waals surface area contributed by atoms with E-state index in [4.69, 9.17) is 0 Å². The molecule has 1 aromatic carbocycles. The molecule has 2 aromatic heterocycles. The van der Waals surface area contributed by atoms with Crippen LogP contribution in [0.3, 0.4) is 0 Å². The molecule has 0 aliphatic rings. The van der Waals surface area contributed by atoms with Crippen LogP contribution in [0.4, 0.5) is 4.39 Å². The summed E-state index contributed by atoms with van der Waals surface area (Å²) >= 11 is 4.96. The molecular formula is C15H15BrFN3S. The Kier molecular flexibility index (Phi) is 4.37. The highest BCUT2D eigenvalue weighted by Crippen LogP contribution is 2.28. The molecule has 2 heterocycles. The van der Waals surface area contributed by atoms with Gasteiger partial charge in [-0.25, -0.2) is 9.37 Å². The number of aromatic nitrogens is 2. The van der Waals surface area contributed by atoms with E-state index in [1.54, 1.807) is 17.4 Å². The number of rotatable bonds is 5. The van der Waals surface area contributed by atoms with E-state index in [1.807, 2.05) is 35.2 Å². The Bertz CT molecular complexity index is 724. The van der Waals surface area contributed by atoms with Crippen LogP contribution >= 0.6 is 27.3 Å². The normalized spacial score (nSPS) is 12.9. The largest absolute Gasteiger partial charge is 0.310 e. The van der Waals surface area contributed by atoms with E-state index in [1.165, 1.54) is 6.07 Å². The van der Waals surface area contributed by atoms with Crippen LogP contribution in [-0.2, 0) is 6.42 Å². The smallest absolute Gasteiger partial charge is 0.193 e. The van der Waals surface area contributed by atoms with Crippen molar-refractivity contribution >= 4 is 32.2 Å². The molecule has 3 nitrogen and oxygen atoms in total. The van der Waals surface area contributed by atoms with Crippen molar-refractivity contribution in [3.63, 3.8) is 0 Å². The van der Waals surface area contributed by atoms with Crippen LogP contribution < -0.4 is 5.32 Å². The molecule has 0 spiro atoms. The Balaban J connectivity index is 1.90.